The van der Waals surface area contributed by atoms with E-state index in [-0.39, 0.29) is 30.4 Å². The number of hydrogen-bond donors (Lipinski definition) is 0. The van der Waals surface area contributed by atoms with Gasteiger partial charge in [0.05, 0.1) is 24.0 Å². The van der Waals surface area contributed by atoms with Crippen molar-refractivity contribution in [1.29, 1.82) is 0 Å². The van der Waals surface area contributed by atoms with E-state index in [4.69, 9.17) is 9.47 Å². The minimum Gasteiger partial charge on any atom is -0.493 e. The standard InChI is InChI=1S/C17H23NO6S/c1-17(2,3)24-16(20)18-9-12(15(19)10-18)11-23-13-5-7-14(8-6-13)25(4,21)22/h5-8,12H,9-11H2,1-4H3/t12-/m0/s1. The molecule has 0 bridgehead atoms. The van der Waals surface area contributed by atoms with E-state index in [1.165, 1.54) is 17.0 Å². The van der Waals surface area contributed by atoms with Crippen LogP contribution in [0.2, 0.25) is 0 Å². The summed E-state index contributed by atoms with van der Waals surface area (Å²) in [6, 6.07) is 5.99. The number of carbonyl (C=O) groups excluding carboxylic acids is 2. The van der Waals surface area contributed by atoms with Crippen molar-refractivity contribution in [3.63, 3.8) is 0 Å². The number of Topliss-reactive ketones (excluding diaryl/α,β-unsaturated/α-hetero) is 1. The molecule has 1 aliphatic rings. The molecule has 138 valence electrons. The van der Waals surface area contributed by atoms with Crippen LogP contribution in [0.15, 0.2) is 29.2 Å². The Hall–Kier alpha value is -2.09. The van der Waals surface area contributed by atoms with Crippen molar-refractivity contribution in [2.24, 2.45) is 5.92 Å². The molecule has 0 radical (unpaired) electrons. The Morgan fingerprint density at radius 1 is 1.24 bits per heavy atom. The maximum atomic E-state index is 12.1. The molecule has 0 saturated carbocycles. The molecule has 1 saturated heterocycles. The number of likely N-dealkylation sites (tertiary alicyclic amines) is 1. The van der Waals surface area contributed by atoms with Crippen molar-refractivity contribution in [3.8, 4) is 5.75 Å². The lowest BCUT2D eigenvalue weighted by atomic mass is 10.1. The highest BCUT2D eigenvalue weighted by atomic mass is 32.2. The third-order valence-corrected chi connectivity index (χ3v) is 4.73. The number of amides is 1. The Labute approximate surface area is 147 Å². The summed E-state index contributed by atoms with van der Waals surface area (Å²) in [6.07, 6.45) is 0.617. The maximum Gasteiger partial charge on any atom is 0.410 e. The molecule has 25 heavy (non-hydrogen) atoms. The maximum absolute atomic E-state index is 12.1. The fourth-order valence-electron chi connectivity index (χ4n) is 2.34. The first-order chi connectivity index (χ1) is 11.5. The topological polar surface area (TPSA) is 90.0 Å². The van der Waals surface area contributed by atoms with Gasteiger partial charge in [-0.1, -0.05) is 0 Å². The highest BCUT2D eigenvalue weighted by molar-refractivity contribution is 7.90. The summed E-state index contributed by atoms with van der Waals surface area (Å²) in [5, 5.41) is 0. The largest absolute Gasteiger partial charge is 0.493 e. The molecule has 1 fully saturated rings. The van der Waals surface area contributed by atoms with Crippen molar-refractivity contribution >= 4 is 21.7 Å². The number of rotatable bonds is 4. The summed E-state index contributed by atoms with van der Waals surface area (Å²) in [4.78, 5) is 25.6. The van der Waals surface area contributed by atoms with E-state index in [0.29, 0.717) is 5.75 Å². The van der Waals surface area contributed by atoms with Crippen LogP contribution in [-0.4, -0.2) is 56.7 Å². The first-order valence-electron chi connectivity index (χ1n) is 7.89. The predicted octanol–water partition coefficient (Wildman–Crippen LogP) is 1.90. The van der Waals surface area contributed by atoms with Crippen LogP contribution in [0.5, 0.6) is 5.75 Å². The zero-order valence-corrected chi connectivity index (χ0v) is 15.6. The Morgan fingerprint density at radius 3 is 2.36 bits per heavy atom. The first kappa shape index (κ1) is 19.2. The van der Waals surface area contributed by atoms with E-state index < -0.39 is 27.4 Å². The minimum absolute atomic E-state index is 0.00988. The van der Waals surface area contributed by atoms with Gasteiger partial charge in [0.15, 0.2) is 15.6 Å². The quantitative estimate of drug-likeness (QED) is 0.805. The fraction of sp³-hybridized carbons (Fsp3) is 0.529. The van der Waals surface area contributed by atoms with Gasteiger partial charge >= 0.3 is 6.09 Å². The molecule has 1 atom stereocenters. The number of nitrogens with zero attached hydrogens (tertiary/aromatic N) is 1. The summed E-state index contributed by atoms with van der Waals surface area (Å²) in [6.45, 7) is 5.68. The summed E-state index contributed by atoms with van der Waals surface area (Å²) in [7, 11) is -3.26. The van der Waals surface area contributed by atoms with Crippen LogP contribution in [-0.2, 0) is 19.4 Å². The molecule has 0 spiro atoms. The van der Waals surface area contributed by atoms with Gasteiger partial charge in [-0.15, -0.1) is 0 Å². The molecule has 1 aromatic carbocycles. The number of ether oxygens (including phenoxy) is 2. The van der Waals surface area contributed by atoms with Crippen molar-refractivity contribution in [1.82, 2.24) is 4.90 Å². The molecular formula is C17H23NO6S. The van der Waals surface area contributed by atoms with Crippen LogP contribution < -0.4 is 4.74 Å². The molecule has 0 aliphatic carbocycles. The van der Waals surface area contributed by atoms with E-state index in [1.807, 2.05) is 0 Å². The average molecular weight is 369 g/mol. The Balaban J connectivity index is 1.91. The number of ketones is 1. The molecule has 7 nitrogen and oxygen atoms in total. The van der Waals surface area contributed by atoms with Gasteiger partial charge < -0.3 is 14.4 Å². The zero-order chi connectivity index (χ0) is 18.8. The van der Waals surface area contributed by atoms with Crippen LogP contribution in [0, 0.1) is 5.92 Å². The summed E-state index contributed by atoms with van der Waals surface area (Å²) < 4.78 is 33.7. The normalized spacial score (nSPS) is 18.3. The minimum atomic E-state index is -3.26. The van der Waals surface area contributed by atoms with Crippen molar-refractivity contribution in [3.05, 3.63) is 24.3 Å². The summed E-state index contributed by atoms with van der Waals surface area (Å²) >= 11 is 0. The van der Waals surface area contributed by atoms with Gasteiger partial charge in [-0.05, 0) is 45.0 Å². The van der Waals surface area contributed by atoms with Gasteiger partial charge in [0, 0.05) is 12.8 Å². The summed E-state index contributed by atoms with van der Waals surface area (Å²) in [5.74, 6) is -0.0448. The zero-order valence-electron chi connectivity index (χ0n) is 14.8. The second-order valence-corrected chi connectivity index (χ2v) is 9.09. The number of sulfone groups is 1. The highest BCUT2D eigenvalue weighted by Gasteiger charge is 2.36. The van der Waals surface area contributed by atoms with E-state index in [1.54, 1.807) is 32.9 Å². The lowest BCUT2D eigenvalue weighted by Crippen LogP contribution is -2.35. The lowest BCUT2D eigenvalue weighted by molar-refractivity contribution is -0.120. The Kier molecular flexibility index (Phi) is 5.41. The number of hydrogen-bond acceptors (Lipinski definition) is 6. The van der Waals surface area contributed by atoms with E-state index >= 15 is 0 Å². The van der Waals surface area contributed by atoms with Crippen LogP contribution in [0.3, 0.4) is 0 Å². The third-order valence-electron chi connectivity index (χ3n) is 3.60. The molecular weight excluding hydrogens is 346 g/mol. The summed E-state index contributed by atoms with van der Waals surface area (Å²) in [5.41, 5.74) is -0.615. The van der Waals surface area contributed by atoms with E-state index in [0.717, 1.165) is 6.26 Å². The third kappa shape index (κ3) is 5.45. The number of carbonyl (C=O) groups is 2. The van der Waals surface area contributed by atoms with E-state index in [2.05, 4.69) is 0 Å². The van der Waals surface area contributed by atoms with Crippen LogP contribution >= 0.6 is 0 Å². The van der Waals surface area contributed by atoms with E-state index in [9.17, 15) is 18.0 Å². The van der Waals surface area contributed by atoms with Crippen molar-refractivity contribution < 1.29 is 27.5 Å². The van der Waals surface area contributed by atoms with Gasteiger partial charge in [0.2, 0.25) is 0 Å². The fourth-order valence-corrected chi connectivity index (χ4v) is 2.97. The Morgan fingerprint density at radius 2 is 1.84 bits per heavy atom. The molecule has 1 aromatic rings. The SMILES string of the molecule is CC(C)(C)OC(=O)N1CC(=O)[C@H](COc2ccc(S(C)(=O)=O)cc2)C1. The number of benzene rings is 1. The van der Waals surface area contributed by atoms with Crippen LogP contribution in [0.4, 0.5) is 4.79 Å². The van der Waals surface area contributed by atoms with Crippen LogP contribution in [0.1, 0.15) is 20.8 Å². The van der Waals surface area contributed by atoms with Crippen molar-refractivity contribution in [2.75, 3.05) is 26.0 Å². The van der Waals surface area contributed by atoms with Gasteiger partial charge in [0.1, 0.15) is 11.4 Å². The van der Waals surface area contributed by atoms with Gasteiger partial charge in [-0.3, -0.25) is 4.79 Å². The molecule has 0 unspecified atom stereocenters. The molecule has 1 heterocycles. The van der Waals surface area contributed by atoms with Gasteiger partial charge in [-0.25, -0.2) is 13.2 Å². The Bertz CT molecular complexity index is 748. The van der Waals surface area contributed by atoms with Crippen LogP contribution in [0.25, 0.3) is 0 Å². The molecule has 0 aromatic heterocycles. The highest BCUT2D eigenvalue weighted by Crippen LogP contribution is 2.20. The second kappa shape index (κ2) is 7.03. The molecule has 1 amide bonds. The second-order valence-electron chi connectivity index (χ2n) is 7.08. The smallest absolute Gasteiger partial charge is 0.410 e. The van der Waals surface area contributed by atoms with Crippen molar-refractivity contribution in [2.45, 2.75) is 31.3 Å². The van der Waals surface area contributed by atoms with Gasteiger partial charge in [-0.2, -0.15) is 0 Å². The molecule has 0 N–H and O–H groups in total. The molecule has 1 aliphatic heterocycles. The predicted molar refractivity (Wildman–Crippen MR) is 91.4 cm³/mol. The molecule has 2 rings (SSSR count). The first-order valence-corrected chi connectivity index (χ1v) is 9.78. The monoisotopic (exact) mass is 369 g/mol. The molecule has 8 heteroatoms. The lowest BCUT2D eigenvalue weighted by Gasteiger charge is -2.24. The average Bonchev–Trinajstić information content (AvgIpc) is 2.84. The van der Waals surface area contributed by atoms with Gasteiger partial charge in [0.25, 0.3) is 0 Å².